The Labute approximate surface area is 110 Å². The van der Waals surface area contributed by atoms with Crippen LogP contribution in [0.5, 0.6) is 0 Å². The molecule has 0 saturated carbocycles. The van der Waals surface area contributed by atoms with Crippen LogP contribution in [0, 0.1) is 0 Å². The van der Waals surface area contributed by atoms with Crippen molar-refractivity contribution in [3.8, 4) is 0 Å². The first-order chi connectivity index (χ1) is 9.28. The highest BCUT2D eigenvalue weighted by atomic mass is 16.2. The van der Waals surface area contributed by atoms with Gasteiger partial charge < -0.3 is 5.32 Å². The monoisotopic (exact) mass is 258 g/mol. The van der Waals surface area contributed by atoms with E-state index in [-0.39, 0.29) is 18.1 Å². The van der Waals surface area contributed by atoms with Crippen LogP contribution in [0.2, 0.25) is 0 Å². The third kappa shape index (κ3) is 4.02. The maximum absolute atomic E-state index is 11.6. The smallest absolute Gasteiger partial charge is 0.241 e. The van der Waals surface area contributed by atoms with Gasteiger partial charge in [0, 0.05) is 6.54 Å². The van der Waals surface area contributed by atoms with E-state index in [0.717, 1.165) is 6.42 Å². The molecule has 0 saturated heterocycles. The standard InChI is InChI=1S/C13H14N4O2/c18-10-12-8-17(16-15-12)9-13(19)14-7-6-11-4-2-1-3-5-11/h1-5,8,10H,6-7,9H2,(H,14,19). The molecule has 0 spiro atoms. The van der Waals surface area contributed by atoms with Gasteiger partial charge >= 0.3 is 0 Å². The summed E-state index contributed by atoms with van der Waals surface area (Å²) >= 11 is 0. The summed E-state index contributed by atoms with van der Waals surface area (Å²) in [6, 6.07) is 9.92. The van der Waals surface area contributed by atoms with E-state index in [1.54, 1.807) is 0 Å². The maximum atomic E-state index is 11.6. The second-order valence-electron chi connectivity index (χ2n) is 4.04. The molecular weight excluding hydrogens is 244 g/mol. The number of rotatable bonds is 6. The quantitative estimate of drug-likeness (QED) is 0.763. The molecule has 6 nitrogen and oxygen atoms in total. The van der Waals surface area contributed by atoms with Crippen molar-refractivity contribution in [2.75, 3.05) is 6.54 Å². The molecule has 0 aliphatic rings. The summed E-state index contributed by atoms with van der Waals surface area (Å²) < 4.78 is 1.33. The zero-order valence-corrected chi connectivity index (χ0v) is 10.3. The van der Waals surface area contributed by atoms with Gasteiger partial charge in [0.1, 0.15) is 12.2 Å². The number of hydrogen-bond acceptors (Lipinski definition) is 4. The van der Waals surface area contributed by atoms with Gasteiger partial charge in [-0.05, 0) is 12.0 Å². The summed E-state index contributed by atoms with van der Waals surface area (Å²) in [6.45, 7) is 0.633. The number of hydrogen-bond donors (Lipinski definition) is 1. The number of aldehydes is 1. The van der Waals surface area contributed by atoms with E-state index >= 15 is 0 Å². The van der Waals surface area contributed by atoms with Crippen LogP contribution in [-0.4, -0.2) is 33.7 Å². The summed E-state index contributed by atoms with van der Waals surface area (Å²) in [5, 5.41) is 10.0. The summed E-state index contributed by atoms with van der Waals surface area (Å²) in [5.41, 5.74) is 1.39. The van der Waals surface area contributed by atoms with Crippen LogP contribution < -0.4 is 5.32 Å². The van der Waals surface area contributed by atoms with E-state index in [1.165, 1.54) is 16.4 Å². The zero-order chi connectivity index (χ0) is 13.5. The topological polar surface area (TPSA) is 76.9 Å². The molecule has 19 heavy (non-hydrogen) atoms. The Balaban J connectivity index is 1.74. The molecule has 1 aromatic heterocycles. The fourth-order valence-corrected chi connectivity index (χ4v) is 1.64. The van der Waals surface area contributed by atoms with Gasteiger partial charge in [-0.1, -0.05) is 35.5 Å². The Kier molecular flexibility index (Phi) is 4.39. The molecule has 1 N–H and O–H groups in total. The fraction of sp³-hybridized carbons (Fsp3) is 0.231. The lowest BCUT2D eigenvalue weighted by Crippen LogP contribution is -2.29. The lowest BCUT2D eigenvalue weighted by Gasteiger charge is -2.04. The molecule has 0 unspecified atom stereocenters. The minimum Gasteiger partial charge on any atom is -0.354 e. The molecule has 1 amide bonds. The first-order valence-electron chi connectivity index (χ1n) is 5.94. The van der Waals surface area contributed by atoms with Gasteiger partial charge in [-0.3, -0.25) is 9.59 Å². The predicted molar refractivity (Wildman–Crippen MR) is 68.6 cm³/mol. The molecular formula is C13H14N4O2. The van der Waals surface area contributed by atoms with Gasteiger partial charge in [-0.2, -0.15) is 0 Å². The maximum Gasteiger partial charge on any atom is 0.241 e. The molecule has 0 bridgehead atoms. The molecule has 0 atom stereocenters. The van der Waals surface area contributed by atoms with Gasteiger partial charge in [0.25, 0.3) is 0 Å². The van der Waals surface area contributed by atoms with Crippen LogP contribution >= 0.6 is 0 Å². The predicted octanol–water partition coefficient (Wildman–Crippen LogP) is 0.449. The number of benzene rings is 1. The normalized spacial score (nSPS) is 10.1. The molecule has 2 aromatic rings. The molecule has 0 aliphatic heterocycles. The SMILES string of the molecule is O=Cc1cn(CC(=O)NCCc2ccccc2)nn1. The van der Waals surface area contributed by atoms with E-state index in [4.69, 9.17) is 0 Å². The summed E-state index contributed by atoms with van der Waals surface area (Å²) in [5.74, 6) is -0.154. The minimum atomic E-state index is -0.154. The Morgan fingerprint density at radius 2 is 2.11 bits per heavy atom. The lowest BCUT2D eigenvalue weighted by molar-refractivity contribution is -0.121. The average Bonchev–Trinajstić information content (AvgIpc) is 2.87. The third-order valence-electron chi connectivity index (χ3n) is 2.56. The number of nitrogens with zero attached hydrogens (tertiary/aromatic N) is 3. The number of carbonyl (C=O) groups is 2. The van der Waals surface area contributed by atoms with E-state index in [1.807, 2.05) is 30.3 Å². The Hall–Kier alpha value is -2.50. The molecule has 6 heteroatoms. The number of aromatic nitrogens is 3. The van der Waals surface area contributed by atoms with Crippen LogP contribution in [0.1, 0.15) is 16.1 Å². The highest BCUT2D eigenvalue weighted by molar-refractivity contribution is 5.76. The highest BCUT2D eigenvalue weighted by Gasteiger charge is 2.05. The van der Waals surface area contributed by atoms with Crippen LogP contribution in [0.3, 0.4) is 0 Å². The van der Waals surface area contributed by atoms with Gasteiger partial charge in [0.15, 0.2) is 6.29 Å². The van der Waals surface area contributed by atoms with Crippen molar-refractivity contribution in [2.24, 2.45) is 0 Å². The fourth-order valence-electron chi connectivity index (χ4n) is 1.64. The van der Waals surface area contributed by atoms with E-state index < -0.39 is 0 Å². The third-order valence-corrected chi connectivity index (χ3v) is 2.56. The largest absolute Gasteiger partial charge is 0.354 e. The first-order valence-corrected chi connectivity index (χ1v) is 5.94. The zero-order valence-electron chi connectivity index (χ0n) is 10.3. The van der Waals surface area contributed by atoms with E-state index in [0.29, 0.717) is 12.8 Å². The Morgan fingerprint density at radius 1 is 1.32 bits per heavy atom. The molecule has 0 aliphatic carbocycles. The second-order valence-corrected chi connectivity index (χ2v) is 4.04. The van der Waals surface area contributed by atoms with Crippen LogP contribution in [0.15, 0.2) is 36.5 Å². The average molecular weight is 258 g/mol. The molecule has 0 radical (unpaired) electrons. The molecule has 1 aromatic carbocycles. The first kappa shape index (κ1) is 12.9. The molecule has 0 fully saturated rings. The van der Waals surface area contributed by atoms with Gasteiger partial charge in [0.2, 0.25) is 5.91 Å². The second kappa shape index (κ2) is 6.44. The number of nitrogens with one attached hydrogen (secondary N) is 1. The molecule has 98 valence electrons. The van der Waals surface area contributed by atoms with Crippen molar-refractivity contribution in [1.82, 2.24) is 20.3 Å². The van der Waals surface area contributed by atoms with Crippen LogP contribution in [0.25, 0.3) is 0 Å². The van der Waals surface area contributed by atoms with Gasteiger partial charge in [-0.15, -0.1) is 5.10 Å². The van der Waals surface area contributed by atoms with Crippen molar-refractivity contribution in [3.05, 3.63) is 47.8 Å². The summed E-state index contributed by atoms with van der Waals surface area (Å²) in [7, 11) is 0. The van der Waals surface area contributed by atoms with E-state index in [2.05, 4.69) is 15.6 Å². The summed E-state index contributed by atoms with van der Waals surface area (Å²) in [4.78, 5) is 22.0. The van der Waals surface area contributed by atoms with Crippen molar-refractivity contribution >= 4 is 12.2 Å². The molecule has 1 heterocycles. The van der Waals surface area contributed by atoms with E-state index in [9.17, 15) is 9.59 Å². The van der Waals surface area contributed by atoms with Crippen molar-refractivity contribution in [3.63, 3.8) is 0 Å². The van der Waals surface area contributed by atoms with Crippen molar-refractivity contribution in [1.29, 1.82) is 0 Å². The van der Waals surface area contributed by atoms with Gasteiger partial charge in [-0.25, -0.2) is 4.68 Å². The number of carbonyl (C=O) groups excluding carboxylic acids is 2. The summed E-state index contributed by atoms with van der Waals surface area (Å²) in [6.07, 6.45) is 2.81. The number of amides is 1. The lowest BCUT2D eigenvalue weighted by atomic mass is 10.1. The molecule has 2 rings (SSSR count). The minimum absolute atomic E-state index is 0.0651. The van der Waals surface area contributed by atoms with Crippen LogP contribution in [-0.2, 0) is 17.8 Å². The Morgan fingerprint density at radius 3 is 2.79 bits per heavy atom. The highest BCUT2D eigenvalue weighted by Crippen LogP contribution is 1.98. The van der Waals surface area contributed by atoms with Gasteiger partial charge in [0.05, 0.1) is 6.20 Å². The van der Waals surface area contributed by atoms with Crippen molar-refractivity contribution in [2.45, 2.75) is 13.0 Å². The van der Waals surface area contributed by atoms with Crippen LogP contribution in [0.4, 0.5) is 0 Å². The Bertz CT molecular complexity index is 551. The van der Waals surface area contributed by atoms with Crippen molar-refractivity contribution < 1.29 is 9.59 Å².